The van der Waals surface area contributed by atoms with Crippen LogP contribution in [-0.4, -0.2) is 32.4 Å². The van der Waals surface area contributed by atoms with E-state index in [9.17, 15) is 9.59 Å². The topological polar surface area (TPSA) is 89.2 Å². The summed E-state index contributed by atoms with van der Waals surface area (Å²) in [5.74, 6) is -0.567. The van der Waals surface area contributed by atoms with Crippen molar-refractivity contribution in [2.75, 3.05) is 0 Å². The zero-order valence-electron chi connectivity index (χ0n) is 14.1. The maximum Gasteiger partial charge on any atom is 0.261 e. The minimum atomic E-state index is -0.380. The Morgan fingerprint density at radius 3 is 2.63 bits per heavy atom. The quantitative estimate of drug-likeness (QED) is 0.571. The predicted octanol–water partition coefficient (Wildman–Crippen LogP) is 2.30. The molecule has 0 unspecified atom stereocenters. The minimum Gasteiger partial charge on any atom is -0.287 e. The zero-order chi connectivity index (χ0) is 18.4. The normalized spacial score (nSPS) is 14.4. The van der Waals surface area contributed by atoms with Crippen molar-refractivity contribution in [3.63, 3.8) is 0 Å². The van der Waals surface area contributed by atoms with E-state index in [0.717, 1.165) is 21.9 Å². The molecule has 130 valence electrons. The van der Waals surface area contributed by atoms with Gasteiger partial charge in [-0.25, -0.2) is 10.1 Å². The molecular weight excluding hydrogens is 342 g/mol. The van der Waals surface area contributed by atoms with Gasteiger partial charge in [-0.05, 0) is 17.5 Å². The Bertz CT molecular complexity index is 1270. The second-order valence-corrected chi connectivity index (χ2v) is 6.27. The number of ketones is 1. The number of carbonyl (C=O) groups is 2. The Balaban J connectivity index is 1.42. The second kappa shape index (κ2) is 5.84. The van der Waals surface area contributed by atoms with Gasteiger partial charge in [-0.15, -0.1) is 5.10 Å². The molecule has 1 N–H and O–H groups in total. The molecule has 0 radical (unpaired) electrons. The zero-order valence-corrected chi connectivity index (χ0v) is 14.1. The molecule has 4 aromatic rings. The summed E-state index contributed by atoms with van der Waals surface area (Å²) in [5, 5.41) is 14.0. The van der Waals surface area contributed by atoms with E-state index >= 15 is 0 Å². The summed E-state index contributed by atoms with van der Waals surface area (Å²) in [6.45, 7) is -0.0391. The summed E-state index contributed by atoms with van der Waals surface area (Å²) in [5.41, 5.74) is 5.54. The van der Waals surface area contributed by atoms with E-state index in [0.29, 0.717) is 11.1 Å². The van der Waals surface area contributed by atoms with Crippen molar-refractivity contribution in [3.05, 3.63) is 71.8 Å². The highest BCUT2D eigenvalue weighted by Crippen LogP contribution is 2.30. The largest absolute Gasteiger partial charge is 0.287 e. The molecule has 0 bridgehead atoms. The van der Waals surface area contributed by atoms with Crippen LogP contribution in [0.25, 0.3) is 21.8 Å². The van der Waals surface area contributed by atoms with E-state index in [2.05, 4.69) is 20.8 Å². The molecule has 1 heterocycles. The number of para-hydroxylation sites is 1. The fourth-order valence-corrected chi connectivity index (χ4v) is 3.41. The van der Waals surface area contributed by atoms with E-state index in [-0.39, 0.29) is 23.9 Å². The lowest BCUT2D eigenvalue weighted by atomic mass is 10.1. The van der Waals surface area contributed by atoms with Gasteiger partial charge in [0.15, 0.2) is 0 Å². The van der Waals surface area contributed by atoms with Crippen molar-refractivity contribution in [3.8, 4) is 0 Å². The van der Waals surface area contributed by atoms with Crippen LogP contribution in [0.4, 0.5) is 0 Å². The summed E-state index contributed by atoms with van der Waals surface area (Å²) >= 11 is 0. The number of aromatic nitrogens is 3. The Morgan fingerprint density at radius 2 is 1.78 bits per heavy atom. The fraction of sp³-hybridized carbons (Fsp3) is 0.0500. The number of benzene rings is 3. The average Bonchev–Trinajstić information content (AvgIpc) is 3.22. The molecule has 7 heteroatoms. The Labute approximate surface area is 153 Å². The molecule has 0 fully saturated rings. The van der Waals surface area contributed by atoms with Crippen LogP contribution in [0.5, 0.6) is 0 Å². The van der Waals surface area contributed by atoms with Crippen molar-refractivity contribution in [2.45, 2.75) is 6.54 Å². The predicted molar refractivity (Wildman–Crippen MR) is 100 cm³/mol. The number of nitrogens with zero attached hydrogens (tertiary/aromatic N) is 4. The monoisotopic (exact) mass is 355 g/mol. The first-order chi connectivity index (χ1) is 13.2. The molecule has 3 aromatic carbocycles. The van der Waals surface area contributed by atoms with Gasteiger partial charge in [0.25, 0.3) is 5.91 Å². The smallest absolute Gasteiger partial charge is 0.261 e. The molecular formula is C20H13N5O2. The number of carbonyl (C=O) groups excluding carboxylic acids is 2. The first-order valence-corrected chi connectivity index (χ1v) is 8.44. The number of amides is 1. The number of hydrogen-bond acceptors (Lipinski definition) is 5. The van der Waals surface area contributed by atoms with Gasteiger partial charge in [-0.2, -0.15) is 5.10 Å². The maximum atomic E-state index is 12.7. The van der Waals surface area contributed by atoms with Gasteiger partial charge in [0.05, 0.1) is 5.52 Å². The molecule has 5 rings (SSSR count). The van der Waals surface area contributed by atoms with Crippen LogP contribution in [0, 0.1) is 0 Å². The number of hydrogen-bond donors (Lipinski definition) is 1. The maximum absolute atomic E-state index is 12.7. The van der Waals surface area contributed by atoms with Crippen LogP contribution in [0.3, 0.4) is 0 Å². The van der Waals surface area contributed by atoms with E-state index < -0.39 is 0 Å². The lowest BCUT2D eigenvalue weighted by molar-refractivity contribution is -0.121. The SMILES string of the molecule is O=C(Cn1nnc2ccccc21)N/N=C1/C(=O)c2cccc3cccc1c23. The third-order valence-electron chi connectivity index (χ3n) is 4.63. The molecule has 7 nitrogen and oxygen atoms in total. The highest BCUT2D eigenvalue weighted by Gasteiger charge is 2.28. The van der Waals surface area contributed by atoms with Gasteiger partial charge in [0, 0.05) is 16.5 Å². The molecule has 27 heavy (non-hydrogen) atoms. The number of hydrazone groups is 1. The van der Waals surface area contributed by atoms with Crippen LogP contribution < -0.4 is 5.43 Å². The summed E-state index contributed by atoms with van der Waals surface area (Å²) < 4.78 is 1.50. The third-order valence-corrected chi connectivity index (χ3v) is 4.63. The molecule has 0 atom stereocenters. The first-order valence-electron chi connectivity index (χ1n) is 8.44. The minimum absolute atomic E-state index is 0.0391. The lowest BCUT2D eigenvalue weighted by Crippen LogP contribution is -2.26. The molecule has 1 aliphatic rings. The lowest BCUT2D eigenvalue weighted by Gasteiger charge is -2.03. The molecule has 0 saturated carbocycles. The van der Waals surface area contributed by atoms with Gasteiger partial charge < -0.3 is 0 Å². The van der Waals surface area contributed by atoms with Gasteiger partial charge in [0.1, 0.15) is 17.8 Å². The third kappa shape index (κ3) is 2.40. The van der Waals surface area contributed by atoms with Crippen molar-refractivity contribution < 1.29 is 9.59 Å². The molecule has 1 aliphatic carbocycles. The van der Waals surface area contributed by atoms with Crippen LogP contribution in [0.2, 0.25) is 0 Å². The Kier molecular flexibility index (Phi) is 3.33. The van der Waals surface area contributed by atoms with Gasteiger partial charge in [-0.1, -0.05) is 53.7 Å². The van der Waals surface area contributed by atoms with E-state index in [1.54, 1.807) is 6.07 Å². The number of fused-ring (bicyclic) bond motifs is 1. The average molecular weight is 355 g/mol. The van der Waals surface area contributed by atoms with Gasteiger partial charge >= 0.3 is 0 Å². The number of rotatable bonds is 3. The standard InChI is InChI=1S/C20H13N5O2/c26-17(11-25-16-10-2-1-9-15(16)21-24-25)22-23-19-13-7-3-5-12-6-4-8-14(18(12)13)20(19)27/h1-10H,11H2,(H,22,26)/b23-19+. The fourth-order valence-electron chi connectivity index (χ4n) is 3.41. The molecule has 1 aromatic heterocycles. The van der Waals surface area contributed by atoms with Gasteiger partial charge in [-0.3, -0.25) is 9.59 Å². The van der Waals surface area contributed by atoms with Crippen LogP contribution >= 0.6 is 0 Å². The second-order valence-electron chi connectivity index (χ2n) is 6.27. The number of nitrogens with one attached hydrogen (secondary N) is 1. The van der Waals surface area contributed by atoms with E-state index in [4.69, 9.17) is 0 Å². The highest BCUT2D eigenvalue weighted by atomic mass is 16.2. The molecule has 1 amide bonds. The van der Waals surface area contributed by atoms with Gasteiger partial charge in [0.2, 0.25) is 5.78 Å². The summed E-state index contributed by atoms with van der Waals surface area (Å²) in [6, 6.07) is 18.6. The van der Waals surface area contributed by atoms with E-state index in [1.807, 2.05) is 54.6 Å². The van der Waals surface area contributed by atoms with Crippen LogP contribution in [0.15, 0.2) is 65.8 Å². The molecule has 0 spiro atoms. The van der Waals surface area contributed by atoms with Crippen molar-refractivity contribution in [1.29, 1.82) is 0 Å². The summed E-state index contributed by atoms with van der Waals surface area (Å²) in [4.78, 5) is 25.0. The Hall–Kier alpha value is -3.87. The number of Topliss-reactive ketones (excluding diaryl/α,β-unsaturated/α-hetero) is 1. The highest BCUT2D eigenvalue weighted by molar-refractivity contribution is 6.59. The van der Waals surface area contributed by atoms with Crippen LogP contribution in [0.1, 0.15) is 15.9 Å². The van der Waals surface area contributed by atoms with E-state index in [1.165, 1.54) is 4.68 Å². The first kappa shape index (κ1) is 15.4. The molecule has 0 aliphatic heterocycles. The molecule has 0 saturated heterocycles. The summed E-state index contributed by atoms with van der Waals surface area (Å²) in [6.07, 6.45) is 0. The van der Waals surface area contributed by atoms with Crippen molar-refractivity contribution in [1.82, 2.24) is 20.4 Å². The van der Waals surface area contributed by atoms with Crippen molar-refractivity contribution >= 4 is 39.2 Å². The summed E-state index contributed by atoms with van der Waals surface area (Å²) in [7, 11) is 0. The Morgan fingerprint density at radius 1 is 1.00 bits per heavy atom. The van der Waals surface area contributed by atoms with Crippen molar-refractivity contribution in [2.24, 2.45) is 5.10 Å². The van der Waals surface area contributed by atoms with Crippen LogP contribution in [-0.2, 0) is 11.3 Å².